The van der Waals surface area contributed by atoms with E-state index in [9.17, 15) is 24.3 Å². The number of carbonyl (C=O) groups excluding carboxylic acids is 3. The van der Waals surface area contributed by atoms with Gasteiger partial charge >= 0.3 is 0 Å². The second kappa shape index (κ2) is 20.1. The fraction of sp³-hybridized carbons (Fsp3) is 0.469. The number of piperazine rings is 1. The van der Waals surface area contributed by atoms with Gasteiger partial charge in [0.25, 0.3) is 11.5 Å². The lowest BCUT2D eigenvalue weighted by Gasteiger charge is -2.39. The smallest absolute Gasteiger partial charge is 0.261 e. The first-order valence-corrected chi connectivity index (χ1v) is 23.0. The Morgan fingerprint density at radius 3 is 2.44 bits per heavy atom. The van der Waals surface area contributed by atoms with Gasteiger partial charge in [-0.2, -0.15) is 0 Å². The molecule has 4 heterocycles. The van der Waals surface area contributed by atoms with Crippen LogP contribution in [0.15, 0.2) is 77.9 Å². The molecule has 3 amide bonds. The molecule has 2 aliphatic heterocycles. The third-order valence-electron chi connectivity index (χ3n) is 13.3. The first-order chi connectivity index (χ1) is 30.5. The van der Waals surface area contributed by atoms with E-state index in [1.165, 1.54) is 10.9 Å². The highest BCUT2D eigenvalue weighted by Gasteiger charge is 2.36. The Balaban J connectivity index is 0.845. The number of rotatable bonds is 15. The number of nitrogens with zero attached hydrogens (tertiary/aromatic N) is 6. The van der Waals surface area contributed by atoms with E-state index in [4.69, 9.17) is 16.6 Å². The zero-order chi connectivity index (χ0) is 43.9. The van der Waals surface area contributed by atoms with Crippen molar-refractivity contribution >= 4 is 56.8 Å². The van der Waals surface area contributed by atoms with Crippen molar-refractivity contribution in [3.05, 3.63) is 111 Å². The summed E-state index contributed by atoms with van der Waals surface area (Å²) in [7, 11) is 2.11. The number of aryl methyl sites for hydroxylation is 2. The molecule has 0 unspecified atom stereocenters. The lowest BCUT2D eigenvalue weighted by atomic mass is 9.88. The Kier molecular flexibility index (Phi) is 14.2. The van der Waals surface area contributed by atoms with Gasteiger partial charge in [-0.3, -0.25) is 28.7 Å². The lowest BCUT2D eigenvalue weighted by Crippen LogP contribution is -2.51. The number of anilines is 1. The summed E-state index contributed by atoms with van der Waals surface area (Å²) in [5.74, 6) is -0.478. The van der Waals surface area contributed by atoms with Crippen molar-refractivity contribution < 1.29 is 19.5 Å². The van der Waals surface area contributed by atoms with E-state index in [0.717, 1.165) is 91.0 Å². The van der Waals surface area contributed by atoms with Gasteiger partial charge in [-0.05, 0) is 113 Å². The van der Waals surface area contributed by atoms with Crippen LogP contribution >= 0.6 is 11.6 Å². The molecule has 3 aliphatic rings. The van der Waals surface area contributed by atoms with Crippen molar-refractivity contribution in [2.45, 2.75) is 82.8 Å². The minimum atomic E-state index is -1.19. The van der Waals surface area contributed by atoms with Crippen LogP contribution in [-0.2, 0) is 35.4 Å². The predicted octanol–water partition coefficient (Wildman–Crippen LogP) is 5.87. The summed E-state index contributed by atoms with van der Waals surface area (Å²) < 4.78 is 1.45. The summed E-state index contributed by atoms with van der Waals surface area (Å²) >= 11 is 6.77. The molecule has 0 radical (unpaired) electrons. The highest BCUT2D eigenvalue weighted by atomic mass is 35.5. The van der Waals surface area contributed by atoms with Crippen molar-refractivity contribution in [3.8, 4) is 0 Å². The van der Waals surface area contributed by atoms with Gasteiger partial charge in [0.1, 0.15) is 0 Å². The topological polar surface area (TPSA) is 153 Å². The van der Waals surface area contributed by atoms with Crippen LogP contribution in [-0.4, -0.2) is 117 Å². The molecule has 332 valence electrons. The number of halogens is 1. The predicted molar refractivity (Wildman–Crippen MR) is 247 cm³/mol. The molecule has 5 aromatic rings. The number of benzene rings is 3. The molecule has 2 saturated heterocycles. The van der Waals surface area contributed by atoms with Gasteiger partial charge in [0.05, 0.1) is 39.9 Å². The second-order valence-electron chi connectivity index (χ2n) is 17.8. The van der Waals surface area contributed by atoms with Crippen LogP contribution in [0.25, 0.3) is 21.8 Å². The first kappa shape index (κ1) is 44.4. The normalized spacial score (nSPS) is 17.3. The number of carbonyl (C=O) groups is 3. The molecule has 8 rings (SSSR count). The maximum absolute atomic E-state index is 14.2. The monoisotopic (exact) mass is 874 g/mol. The minimum absolute atomic E-state index is 0.0480. The van der Waals surface area contributed by atoms with E-state index in [1.54, 1.807) is 24.3 Å². The van der Waals surface area contributed by atoms with Gasteiger partial charge in [0.15, 0.2) is 0 Å². The largest absolute Gasteiger partial charge is 0.388 e. The molecule has 0 saturated carbocycles. The molecule has 13 nitrogen and oxygen atoms in total. The van der Waals surface area contributed by atoms with E-state index in [0.29, 0.717) is 86.9 Å². The highest BCUT2D eigenvalue weighted by Crippen LogP contribution is 2.33. The Morgan fingerprint density at radius 2 is 1.65 bits per heavy atom. The van der Waals surface area contributed by atoms with Gasteiger partial charge in [0, 0.05) is 87.0 Å². The number of likely N-dealkylation sites (tertiary alicyclic amines) is 1. The van der Waals surface area contributed by atoms with Crippen molar-refractivity contribution in [1.29, 1.82) is 0 Å². The molecule has 0 bridgehead atoms. The standard InChI is InChI=1S/C49H59ClN8O5/c1-55-26-28-56(29-27-55)23-19-44(59)53-37-16-18-40-42(31-37)52-33-58(48(40)62)32-49(63)20-24-57(25-21-49)47(61)35(14-13-34-8-3-2-4-9-34)10-7-22-51-46(60)36-15-17-39-43(30-36)54-41-12-6-5-11-38(41)45(39)50/h2-4,8-9,15-18,30-31,33,35,63H,5-7,10-14,19-29,32H2,1H3,(H,51,60)(H,53,59)/t35-/m1/s1. The SMILES string of the molecule is CN1CCN(CCC(=O)Nc2ccc3c(=O)n(CC4(O)CCN(C(=O)[C@H](CCCNC(=O)c5ccc6c(Cl)c7c(nc6c5)CCCC7)CCc5ccccc5)CC4)cnc3c2)CC1. The average Bonchev–Trinajstić information content (AvgIpc) is 3.29. The number of fused-ring (bicyclic) bond motifs is 3. The maximum atomic E-state index is 14.2. The zero-order valence-electron chi connectivity index (χ0n) is 36.3. The number of aromatic nitrogens is 3. The van der Waals surface area contributed by atoms with Crippen molar-refractivity contribution in [1.82, 2.24) is 34.6 Å². The van der Waals surface area contributed by atoms with Gasteiger partial charge in [-0.1, -0.05) is 48.0 Å². The van der Waals surface area contributed by atoms with Crippen LogP contribution < -0.4 is 16.2 Å². The van der Waals surface area contributed by atoms with Crippen LogP contribution in [0.1, 0.15) is 78.5 Å². The Hall–Kier alpha value is -5.21. The maximum Gasteiger partial charge on any atom is 0.261 e. The van der Waals surface area contributed by atoms with Crippen molar-refractivity contribution in [3.63, 3.8) is 0 Å². The third kappa shape index (κ3) is 10.9. The minimum Gasteiger partial charge on any atom is -0.388 e. The number of aliphatic hydroxyl groups is 1. The summed E-state index contributed by atoms with van der Waals surface area (Å²) in [5.41, 5.74) is 4.18. The Bertz CT molecular complexity index is 2500. The zero-order valence-corrected chi connectivity index (χ0v) is 37.0. The van der Waals surface area contributed by atoms with E-state index in [2.05, 4.69) is 44.6 Å². The van der Waals surface area contributed by atoms with E-state index >= 15 is 0 Å². The number of nitrogens with one attached hydrogen (secondary N) is 2. The summed E-state index contributed by atoms with van der Waals surface area (Å²) in [6.07, 6.45) is 9.16. The Morgan fingerprint density at radius 1 is 0.889 bits per heavy atom. The fourth-order valence-corrected chi connectivity index (χ4v) is 9.68. The van der Waals surface area contributed by atoms with Crippen molar-refractivity contribution in [2.75, 3.05) is 64.7 Å². The molecule has 14 heteroatoms. The summed E-state index contributed by atoms with van der Waals surface area (Å²) in [4.78, 5) is 69.6. The second-order valence-corrected chi connectivity index (χ2v) is 18.2. The molecule has 63 heavy (non-hydrogen) atoms. The number of likely N-dealkylation sites (N-methyl/N-ethyl adjacent to an activating group) is 1. The van der Waals surface area contributed by atoms with Crippen LogP contribution in [0.5, 0.6) is 0 Å². The van der Waals surface area contributed by atoms with E-state index in [1.807, 2.05) is 35.2 Å². The number of hydrogen-bond donors (Lipinski definition) is 3. The van der Waals surface area contributed by atoms with Gasteiger partial charge in [-0.25, -0.2) is 4.98 Å². The quantitative estimate of drug-likeness (QED) is 0.110. The molecule has 3 N–H and O–H groups in total. The molecule has 2 fully saturated rings. The highest BCUT2D eigenvalue weighted by molar-refractivity contribution is 6.36. The van der Waals surface area contributed by atoms with Gasteiger partial charge in [0.2, 0.25) is 11.8 Å². The average molecular weight is 876 g/mol. The van der Waals surface area contributed by atoms with Crippen LogP contribution in [0.3, 0.4) is 0 Å². The van der Waals surface area contributed by atoms with Crippen LogP contribution in [0, 0.1) is 5.92 Å². The molecule has 1 aliphatic carbocycles. The van der Waals surface area contributed by atoms with Crippen molar-refractivity contribution in [2.24, 2.45) is 5.92 Å². The summed E-state index contributed by atoms with van der Waals surface area (Å²) in [6, 6.07) is 20.7. The van der Waals surface area contributed by atoms with Crippen LogP contribution in [0.4, 0.5) is 5.69 Å². The number of piperidine rings is 1. The van der Waals surface area contributed by atoms with E-state index in [-0.39, 0.29) is 35.7 Å². The fourth-order valence-electron chi connectivity index (χ4n) is 9.32. The Labute approximate surface area is 373 Å². The summed E-state index contributed by atoms with van der Waals surface area (Å²) in [6.45, 7) is 5.80. The van der Waals surface area contributed by atoms with Crippen LogP contribution in [0.2, 0.25) is 5.02 Å². The molecule has 1 atom stereocenters. The van der Waals surface area contributed by atoms with E-state index < -0.39 is 5.60 Å². The molecule has 0 spiro atoms. The number of hydrogen-bond acceptors (Lipinski definition) is 9. The lowest BCUT2D eigenvalue weighted by molar-refractivity contribution is -0.140. The molecule has 2 aromatic heterocycles. The third-order valence-corrected chi connectivity index (χ3v) is 13.7. The number of amides is 3. The van der Waals surface area contributed by atoms with Gasteiger partial charge < -0.3 is 30.4 Å². The number of pyridine rings is 1. The molecule has 3 aromatic carbocycles. The summed E-state index contributed by atoms with van der Waals surface area (Å²) in [5, 5.41) is 19.7. The first-order valence-electron chi connectivity index (χ1n) is 22.7. The molecular formula is C49H59ClN8O5. The van der Waals surface area contributed by atoms with Gasteiger partial charge in [-0.15, -0.1) is 0 Å². The molecular weight excluding hydrogens is 816 g/mol.